The molecule has 1 aromatic rings. The van der Waals surface area contributed by atoms with E-state index in [1.807, 2.05) is 13.8 Å². The lowest BCUT2D eigenvalue weighted by Crippen LogP contribution is -2.32. The van der Waals surface area contributed by atoms with Crippen LogP contribution in [0.2, 0.25) is 0 Å². The van der Waals surface area contributed by atoms with Crippen LogP contribution in [0.5, 0.6) is 0 Å². The summed E-state index contributed by atoms with van der Waals surface area (Å²) in [5, 5.41) is 2.24. The second-order valence-corrected chi connectivity index (χ2v) is 9.00. The molecule has 2 N–H and O–H groups in total. The van der Waals surface area contributed by atoms with Crippen molar-refractivity contribution in [2.75, 3.05) is 6.61 Å². The largest absolute Gasteiger partial charge is 0.498 e. The minimum absolute atomic E-state index is 0.306. The van der Waals surface area contributed by atoms with Crippen LogP contribution in [-0.4, -0.2) is 28.7 Å². The number of aliphatic imine (C=N–C) groups is 1. The van der Waals surface area contributed by atoms with Gasteiger partial charge < -0.3 is 19.8 Å². The Morgan fingerprint density at radius 2 is 2.27 bits per heavy atom. The predicted molar refractivity (Wildman–Crippen MR) is 129 cm³/mol. The number of halogens is 1. The van der Waals surface area contributed by atoms with Crippen molar-refractivity contribution in [1.29, 1.82) is 0 Å². The summed E-state index contributed by atoms with van der Waals surface area (Å²) >= 11 is 5.33. The van der Waals surface area contributed by atoms with Gasteiger partial charge in [-0.25, -0.2) is 9.98 Å². The Balaban J connectivity index is 2.37. The summed E-state index contributed by atoms with van der Waals surface area (Å²) in [6.07, 6.45) is 8.98. The van der Waals surface area contributed by atoms with Crippen LogP contribution in [-0.2, 0) is 16.1 Å². The monoisotopic (exact) mass is 494 g/mol. The van der Waals surface area contributed by atoms with Crippen molar-refractivity contribution in [3.05, 3.63) is 31.9 Å². The number of unbranched alkanes of at least 4 members (excludes halogenated alkanes) is 3. The number of aromatic nitrogens is 2. The smallest absolute Gasteiger partial charge is 0.173 e. The van der Waals surface area contributed by atoms with Crippen LogP contribution in [0, 0.1) is 5.92 Å². The third-order valence-electron chi connectivity index (χ3n) is 4.79. The number of imidazole rings is 1. The van der Waals surface area contributed by atoms with Gasteiger partial charge in [0.05, 0.1) is 12.0 Å². The molecule has 2 rings (SSSR count). The summed E-state index contributed by atoms with van der Waals surface area (Å²) in [5.74, 6) is 1.67. The van der Waals surface area contributed by atoms with Crippen LogP contribution in [0.1, 0.15) is 52.9 Å². The molecule has 0 radical (unpaired) electrons. The van der Waals surface area contributed by atoms with Crippen molar-refractivity contribution in [1.82, 2.24) is 9.55 Å². The van der Waals surface area contributed by atoms with E-state index in [1.165, 1.54) is 4.91 Å². The maximum absolute atomic E-state index is 10.5. The van der Waals surface area contributed by atoms with E-state index in [0.717, 1.165) is 59.3 Å². The first-order valence-electron chi connectivity index (χ1n) is 10.3. The molecule has 1 aliphatic rings. The third kappa shape index (κ3) is 6.35. The Kier molecular flexibility index (Phi) is 9.91. The number of thioether (sulfide) groups is 1. The SMILES string of the molecule is C=c1/c(=C(N)\N=C/C)nc(SC2=C(Br)C=C(OCC)C(C)C2)n1CCCCCC=O. The fourth-order valence-corrected chi connectivity index (χ4v) is 5.02. The molecule has 0 saturated heterocycles. The van der Waals surface area contributed by atoms with Gasteiger partial charge in [-0.2, -0.15) is 0 Å². The van der Waals surface area contributed by atoms with E-state index < -0.39 is 0 Å². The van der Waals surface area contributed by atoms with E-state index in [0.29, 0.717) is 30.1 Å². The predicted octanol–water partition coefficient (Wildman–Crippen LogP) is 3.83. The molecule has 1 atom stereocenters. The van der Waals surface area contributed by atoms with E-state index in [2.05, 4.69) is 45.1 Å². The molecule has 0 saturated carbocycles. The van der Waals surface area contributed by atoms with Gasteiger partial charge in [0, 0.05) is 34.5 Å². The zero-order valence-corrected chi connectivity index (χ0v) is 20.4. The third-order valence-corrected chi connectivity index (χ3v) is 6.89. The van der Waals surface area contributed by atoms with Crippen molar-refractivity contribution in [3.63, 3.8) is 0 Å². The fourth-order valence-electron chi connectivity index (χ4n) is 3.23. The van der Waals surface area contributed by atoms with Crippen molar-refractivity contribution in [3.8, 4) is 0 Å². The molecule has 0 amide bonds. The molecule has 0 fully saturated rings. The molecule has 6 nitrogen and oxygen atoms in total. The van der Waals surface area contributed by atoms with E-state index in [1.54, 1.807) is 18.0 Å². The Morgan fingerprint density at radius 1 is 1.50 bits per heavy atom. The van der Waals surface area contributed by atoms with Crippen LogP contribution in [0.3, 0.4) is 0 Å². The molecular formula is C22H31BrN4O2S. The first kappa shape index (κ1) is 24.5. The zero-order chi connectivity index (χ0) is 22.1. The highest BCUT2D eigenvalue weighted by Gasteiger charge is 2.22. The number of hydrogen-bond acceptors (Lipinski definition) is 6. The molecule has 1 heterocycles. The van der Waals surface area contributed by atoms with Crippen molar-refractivity contribution in [2.45, 2.75) is 64.6 Å². The van der Waals surface area contributed by atoms with Gasteiger partial charge in [-0.05, 0) is 55.1 Å². The average molecular weight is 495 g/mol. The number of carbonyl (C=O) groups is 1. The molecule has 1 aliphatic carbocycles. The maximum Gasteiger partial charge on any atom is 0.173 e. The summed E-state index contributed by atoms with van der Waals surface area (Å²) in [6.45, 7) is 11.6. The number of carbonyl (C=O) groups excluding carboxylic acids is 1. The number of ether oxygens (including phenoxy) is 1. The second-order valence-electron chi connectivity index (χ2n) is 7.09. The van der Waals surface area contributed by atoms with Crippen LogP contribution >= 0.6 is 27.7 Å². The quantitative estimate of drug-likeness (QED) is 0.287. The van der Waals surface area contributed by atoms with Crippen molar-refractivity contribution in [2.24, 2.45) is 16.6 Å². The highest BCUT2D eigenvalue weighted by molar-refractivity contribution is 9.12. The number of hydrogen-bond donors (Lipinski definition) is 1. The van der Waals surface area contributed by atoms with Gasteiger partial charge in [-0.15, -0.1) is 0 Å². The Labute approximate surface area is 191 Å². The molecule has 1 unspecified atom stereocenters. The number of allylic oxidation sites excluding steroid dienone is 4. The van der Waals surface area contributed by atoms with Crippen LogP contribution in [0.15, 0.2) is 31.4 Å². The molecule has 1 aromatic heterocycles. The maximum atomic E-state index is 10.5. The first-order chi connectivity index (χ1) is 14.4. The Bertz CT molecular complexity index is 949. The Morgan fingerprint density at radius 3 is 2.93 bits per heavy atom. The summed E-state index contributed by atoms with van der Waals surface area (Å²) in [6, 6.07) is 0. The van der Waals surface area contributed by atoms with Gasteiger partial charge in [0.2, 0.25) is 0 Å². The van der Waals surface area contributed by atoms with Gasteiger partial charge >= 0.3 is 0 Å². The summed E-state index contributed by atoms with van der Waals surface area (Å²) in [5.41, 5.74) is 6.12. The summed E-state index contributed by atoms with van der Waals surface area (Å²) in [7, 11) is 0. The van der Waals surface area contributed by atoms with Crippen LogP contribution in [0.4, 0.5) is 0 Å². The topological polar surface area (TPSA) is 82.5 Å². The highest BCUT2D eigenvalue weighted by atomic mass is 79.9. The minimum atomic E-state index is 0.306. The van der Waals surface area contributed by atoms with Crippen LogP contribution < -0.4 is 16.4 Å². The van der Waals surface area contributed by atoms with Crippen molar-refractivity contribution < 1.29 is 9.53 Å². The number of nitrogens with zero attached hydrogens (tertiary/aromatic N) is 3. The lowest BCUT2D eigenvalue weighted by molar-refractivity contribution is -0.107. The average Bonchev–Trinajstić information content (AvgIpc) is 3.01. The number of rotatable bonds is 11. The molecule has 0 bridgehead atoms. The van der Waals surface area contributed by atoms with Gasteiger partial charge in [0.25, 0.3) is 0 Å². The number of nitrogens with two attached hydrogens (primary N) is 1. The first-order valence-corrected chi connectivity index (χ1v) is 11.9. The van der Waals surface area contributed by atoms with Gasteiger partial charge in [0.1, 0.15) is 17.4 Å². The van der Waals surface area contributed by atoms with Gasteiger partial charge in [-0.3, -0.25) is 0 Å². The fraction of sp³-hybridized carbons (Fsp3) is 0.500. The molecule has 8 heteroatoms. The molecular weight excluding hydrogens is 464 g/mol. The van der Waals surface area contributed by atoms with E-state index in [4.69, 9.17) is 15.5 Å². The lowest BCUT2D eigenvalue weighted by Gasteiger charge is -2.23. The Hall–Kier alpha value is -1.80. The van der Waals surface area contributed by atoms with E-state index in [9.17, 15) is 4.79 Å². The number of aldehydes is 1. The van der Waals surface area contributed by atoms with E-state index >= 15 is 0 Å². The standard InChI is InChI=1S/C22H31BrN4O2S/c1-5-25-21(24)20-16(4)27(11-9-7-8-10-12-28)22(26-20)30-19-13-15(3)18(29-6-2)14-17(19)23/h5,12,14-15H,4,6-11,13,24H2,1-3H3/b21-20+,25-5-. The van der Waals surface area contributed by atoms with Crippen molar-refractivity contribution >= 4 is 52.6 Å². The molecule has 0 aromatic carbocycles. The van der Waals surface area contributed by atoms with Crippen LogP contribution in [0.25, 0.3) is 12.4 Å². The molecule has 0 aliphatic heterocycles. The molecule has 164 valence electrons. The highest BCUT2D eigenvalue weighted by Crippen LogP contribution is 2.40. The second kappa shape index (κ2) is 12.2. The minimum Gasteiger partial charge on any atom is -0.498 e. The summed E-state index contributed by atoms with van der Waals surface area (Å²) < 4.78 is 8.88. The van der Waals surface area contributed by atoms with E-state index in [-0.39, 0.29) is 0 Å². The lowest BCUT2D eigenvalue weighted by atomic mass is 10.0. The summed E-state index contributed by atoms with van der Waals surface area (Å²) in [4.78, 5) is 20.7. The molecule has 0 spiro atoms. The van der Waals surface area contributed by atoms with Gasteiger partial charge in [-0.1, -0.05) is 31.7 Å². The van der Waals surface area contributed by atoms with Gasteiger partial charge in [0.15, 0.2) is 11.0 Å². The zero-order valence-electron chi connectivity index (χ0n) is 18.0. The normalized spacial score (nSPS) is 18.0. The molecule has 30 heavy (non-hydrogen) atoms.